The topological polar surface area (TPSA) is 56.6 Å². The molecule has 6 heteroatoms. The molecule has 1 aromatic carbocycles. The first kappa shape index (κ1) is 16.2. The molecule has 2 heterocycles. The number of aromatic hydroxyl groups is 1. The number of hydrogen-bond donors (Lipinski definition) is 2. The third-order valence-electron chi connectivity index (χ3n) is 4.38. The molecule has 1 aromatic heterocycles. The van der Waals surface area contributed by atoms with Crippen LogP contribution in [-0.4, -0.2) is 33.2 Å². The summed E-state index contributed by atoms with van der Waals surface area (Å²) in [7, 11) is 0. The summed E-state index contributed by atoms with van der Waals surface area (Å²) in [6.07, 6.45) is 2.20. The predicted molar refractivity (Wildman–Crippen MR) is 85.7 cm³/mol. The van der Waals surface area contributed by atoms with Crippen molar-refractivity contribution in [3.8, 4) is 5.75 Å². The van der Waals surface area contributed by atoms with E-state index in [0.717, 1.165) is 5.56 Å². The van der Waals surface area contributed by atoms with Crippen molar-refractivity contribution in [2.45, 2.75) is 25.0 Å². The highest BCUT2D eigenvalue weighted by Crippen LogP contribution is 2.34. The van der Waals surface area contributed by atoms with Crippen LogP contribution in [0.5, 0.6) is 5.75 Å². The van der Waals surface area contributed by atoms with Crippen LogP contribution >= 0.6 is 11.6 Å². The lowest BCUT2D eigenvalue weighted by molar-refractivity contribution is -0.0308. The highest BCUT2D eigenvalue weighted by atomic mass is 35.5. The molecule has 1 fully saturated rings. The Morgan fingerprint density at radius 2 is 2.00 bits per heavy atom. The molecule has 0 bridgehead atoms. The molecule has 0 saturated carbocycles. The molecule has 1 saturated heterocycles. The molecular weight excluding hydrogens is 319 g/mol. The minimum atomic E-state index is -1.19. The van der Waals surface area contributed by atoms with Crippen LogP contribution in [0.15, 0.2) is 36.5 Å². The Kier molecular flexibility index (Phi) is 4.53. The third kappa shape index (κ3) is 3.47. The quantitative estimate of drug-likeness (QED) is 0.846. The summed E-state index contributed by atoms with van der Waals surface area (Å²) in [4.78, 5) is 5.72. The number of aromatic nitrogens is 1. The van der Waals surface area contributed by atoms with Gasteiger partial charge in [0.2, 0.25) is 5.95 Å². The van der Waals surface area contributed by atoms with Gasteiger partial charge in [0.05, 0.1) is 5.60 Å². The van der Waals surface area contributed by atoms with Gasteiger partial charge in [0.1, 0.15) is 5.75 Å². The molecule has 2 aromatic rings. The van der Waals surface area contributed by atoms with E-state index in [0.29, 0.717) is 37.5 Å². The molecule has 23 heavy (non-hydrogen) atoms. The Hall–Kier alpha value is -1.69. The number of phenolic OH excluding ortho intramolecular Hbond substituents is 1. The van der Waals surface area contributed by atoms with E-state index in [2.05, 4.69) is 9.88 Å². The van der Waals surface area contributed by atoms with Gasteiger partial charge >= 0.3 is 0 Å². The first-order chi connectivity index (χ1) is 11.0. The van der Waals surface area contributed by atoms with E-state index < -0.39 is 11.5 Å². The number of hydrogen-bond acceptors (Lipinski definition) is 4. The van der Waals surface area contributed by atoms with Crippen molar-refractivity contribution < 1.29 is 14.6 Å². The number of phenols is 1. The molecule has 0 unspecified atom stereocenters. The minimum absolute atomic E-state index is 0.202. The van der Waals surface area contributed by atoms with E-state index in [1.807, 2.05) is 0 Å². The van der Waals surface area contributed by atoms with Gasteiger partial charge in [-0.3, -0.25) is 4.90 Å². The fourth-order valence-corrected chi connectivity index (χ4v) is 3.20. The number of likely N-dealkylation sites (tertiary alicyclic amines) is 1. The fraction of sp³-hybridized carbons (Fsp3) is 0.353. The zero-order valence-electron chi connectivity index (χ0n) is 12.5. The lowest BCUT2D eigenvalue weighted by Crippen LogP contribution is -2.42. The average Bonchev–Trinajstić information content (AvgIpc) is 2.53. The highest BCUT2D eigenvalue weighted by Gasteiger charge is 2.36. The minimum Gasteiger partial charge on any atom is -0.508 e. The Bertz CT molecular complexity index is 703. The van der Waals surface area contributed by atoms with Gasteiger partial charge in [-0.2, -0.15) is 4.39 Å². The molecule has 122 valence electrons. The van der Waals surface area contributed by atoms with Crippen molar-refractivity contribution in [3.05, 3.63) is 58.6 Å². The molecule has 0 aliphatic carbocycles. The van der Waals surface area contributed by atoms with Crippen LogP contribution < -0.4 is 0 Å². The van der Waals surface area contributed by atoms with Crippen LogP contribution in [0.4, 0.5) is 4.39 Å². The number of nitrogens with zero attached hydrogens (tertiary/aromatic N) is 2. The van der Waals surface area contributed by atoms with Gasteiger partial charge in [0.15, 0.2) is 0 Å². The van der Waals surface area contributed by atoms with Gasteiger partial charge in [0, 0.05) is 42.0 Å². The zero-order chi connectivity index (χ0) is 16.4. The second-order valence-corrected chi connectivity index (χ2v) is 6.36. The van der Waals surface area contributed by atoms with Crippen molar-refractivity contribution in [1.29, 1.82) is 0 Å². The van der Waals surface area contributed by atoms with Gasteiger partial charge in [-0.15, -0.1) is 0 Å². The molecular formula is C17H18ClFN2O2. The van der Waals surface area contributed by atoms with Gasteiger partial charge in [-0.1, -0.05) is 17.7 Å². The lowest BCUT2D eigenvalue weighted by Gasteiger charge is -2.38. The molecule has 4 nitrogen and oxygen atoms in total. The summed E-state index contributed by atoms with van der Waals surface area (Å²) in [6.45, 7) is 1.73. The van der Waals surface area contributed by atoms with E-state index in [9.17, 15) is 14.6 Å². The van der Waals surface area contributed by atoms with Crippen molar-refractivity contribution in [3.63, 3.8) is 0 Å². The van der Waals surface area contributed by atoms with Crippen molar-refractivity contribution >= 4 is 11.6 Å². The van der Waals surface area contributed by atoms with E-state index in [-0.39, 0.29) is 11.3 Å². The molecule has 2 N–H and O–H groups in total. The van der Waals surface area contributed by atoms with Gasteiger partial charge in [-0.25, -0.2) is 4.98 Å². The number of piperidine rings is 1. The van der Waals surface area contributed by atoms with Crippen molar-refractivity contribution in [2.24, 2.45) is 0 Å². The van der Waals surface area contributed by atoms with Gasteiger partial charge < -0.3 is 10.2 Å². The molecule has 0 spiro atoms. The van der Waals surface area contributed by atoms with Crippen molar-refractivity contribution in [1.82, 2.24) is 9.88 Å². The molecule has 0 atom stereocenters. The van der Waals surface area contributed by atoms with E-state index in [1.165, 1.54) is 6.20 Å². The van der Waals surface area contributed by atoms with Crippen LogP contribution in [0.1, 0.15) is 24.0 Å². The smallest absolute Gasteiger partial charge is 0.218 e. The Morgan fingerprint density at radius 1 is 1.26 bits per heavy atom. The summed E-state index contributed by atoms with van der Waals surface area (Å²) in [5.74, 6) is -0.413. The van der Waals surface area contributed by atoms with Crippen LogP contribution in [0, 0.1) is 5.95 Å². The molecule has 1 aliphatic rings. The van der Waals surface area contributed by atoms with Crippen LogP contribution in [0.3, 0.4) is 0 Å². The summed E-state index contributed by atoms with van der Waals surface area (Å²) in [5.41, 5.74) is -0.189. The highest BCUT2D eigenvalue weighted by molar-refractivity contribution is 6.30. The van der Waals surface area contributed by atoms with E-state index in [1.54, 1.807) is 30.3 Å². The first-order valence-electron chi connectivity index (χ1n) is 7.51. The second kappa shape index (κ2) is 6.43. The first-order valence-corrected chi connectivity index (χ1v) is 7.89. The van der Waals surface area contributed by atoms with E-state index >= 15 is 0 Å². The summed E-state index contributed by atoms with van der Waals surface area (Å²) >= 11 is 5.96. The molecule has 1 aliphatic heterocycles. The maximum Gasteiger partial charge on any atom is 0.218 e. The molecule has 0 amide bonds. The lowest BCUT2D eigenvalue weighted by atomic mass is 9.85. The Balaban J connectivity index is 1.69. The largest absolute Gasteiger partial charge is 0.508 e. The summed E-state index contributed by atoms with van der Waals surface area (Å²) < 4.78 is 13.8. The SMILES string of the molecule is Oc1ccc(Cl)cc1CN1CCC(O)(c2cccnc2F)CC1. The number of pyridine rings is 1. The number of halogens is 2. The normalized spacial score (nSPS) is 18.0. The number of rotatable bonds is 3. The number of aliphatic hydroxyl groups is 1. The monoisotopic (exact) mass is 336 g/mol. The Labute approximate surface area is 139 Å². The van der Waals surface area contributed by atoms with Crippen LogP contribution in [0.25, 0.3) is 0 Å². The predicted octanol–water partition coefficient (Wildman–Crippen LogP) is 3.06. The second-order valence-electron chi connectivity index (χ2n) is 5.92. The van der Waals surface area contributed by atoms with Crippen LogP contribution in [-0.2, 0) is 12.1 Å². The molecule has 3 rings (SSSR count). The number of benzene rings is 1. The summed E-state index contributed by atoms with van der Waals surface area (Å²) in [5, 5.41) is 21.2. The average molecular weight is 337 g/mol. The van der Waals surface area contributed by atoms with E-state index in [4.69, 9.17) is 11.6 Å². The van der Waals surface area contributed by atoms with Crippen molar-refractivity contribution in [2.75, 3.05) is 13.1 Å². The van der Waals surface area contributed by atoms with Gasteiger partial charge in [-0.05, 0) is 37.1 Å². The fourth-order valence-electron chi connectivity index (χ4n) is 3.01. The third-order valence-corrected chi connectivity index (χ3v) is 4.61. The zero-order valence-corrected chi connectivity index (χ0v) is 13.3. The standard InChI is InChI=1S/C17H18ClFN2O2/c18-13-3-4-15(22)12(10-13)11-21-8-5-17(23,6-9-21)14-2-1-7-20-16(14)19/h1-4,7,10,22-23H,5-6,8-9,11H2. The van der Waals surface area contributed by atoms with Gasteiger partial charge in [0.25, 0.3) is 0 Å². The maximum absolute atomic E-state index is 13.8. The Morgan fingerprint density at radius 3 is 2.70 bits per heavy atom. The van der Waals surface area contributed by atoms with Crippen LogP contribution in [0.2, 0.25) is 5.02 Å². The summed E-state index contributed by atoms with van der Waals surface area (Å²) in [6, 6.07) is 8.16. The maximum atomic E-state index is 13.8. The molecule has 0 radical (unpaired) electrons.